The van der Waals surface area contributed by atoms with Crippen LogP contribution < -0.4 is 14.2 Å². The second-order valence-corrected chi connectivity index (χ2v) is 9.25. The van der Waals surface area contributed by atoms with Gasteiger partial charge in [0.2, 0.25) is 5.17 Å². The molecule has 0 atom stereocenters. The number of nitrogens with zero attached hydrogens (tertiary/aromatic N) is 3. The van der Waals surface area contributed by atoms with Gasteiger partial charge in [-0.15, -0.1) is 0 Å². The molecule has 0 radical (unpaired) electrons. The zero-order valence-electron chi connectivity index (χ0n) is 18.4. The third-order valence-corrected chi connectivity index (χ3v) is 6.64. The van der Waals surface area contributed by atoms with Gasteiger partial charge in [-0.05, 0) is 41.7 Å². The van der Waals surface area contributed by atoms with Crippen LogP contribution in [-0.4, -0.2) is 53.1 Å². The van der Waals surface area contributed by atoms with Crippen LogP contribution in [0.4, 0.5) is 0 Å². The molecule has 176 valence electrons. The Morgan fingerprint density at radius 2 is 1.88 bits per heavy atom. The van der Waals surface area contributed by atoms with Gasteiger partial charge in [0.1, 0.15) is 24.8 Å². The molecule has 0 aliphatic carbocycles. The van der Waals surface area contributed by atoms with Gasteiger partial charge in [0.15, 0.2) is 16.7 Å². The van der Waals surface area contributed by atoms with Crippen LogP contribution >= 0.6 is 35.3 Å². The summed E-state index contributed by atoms with van der Waals surface area (Å²) in [5.74, 6) is 2.13. The number of fused-ring (bicyclic) bond motifs is 1. The molecule has 0 spiro atoms. The number of rotatable bonds is 8. The number of methoxy groups -OCH3 is 1. The highest BCUT2D eigenvalue weighted by atomic mass is 35.5. The lowest BCUT2D eigenvalue weighted by Crippen LogP contribution is -2.41. The van der Waals surface area contributed by atoms with E-state index in [1.165, 1.54) is 11.8 Å². The summed E-state index contributed by atoms with van der Waals surface area (Å²) in [5.41, 5.74) is 0.827. The maximum atomic E-state index is 12.5. The van der Waals surface area contributed by atoms with Crippen LogP contribution in [0.5, 0.6) is 17.2 Å². The van der Waals surface area contributed by atoms with Crippen molar-refractivity contribution in [3.8, 4) is 17.2 Å². The number of hydrogen-bond donors (Lipinski definition) is 1. The van der Waals surface area contributed by atoms with Crippen molar-refractivity contribution in [1.29, 1.82) is 5.41 Å². The molecular weight excluding hydrogens is 496 g/mol. The normalized spacial score (nSPS) is 16.3. The smallest absolute Gasteiger partial charge is 0.283 e. The van der Waals surface area contributed by atoms with E-state index in [2.05, 4.69) is 9.39 Å². The molecule has 0 bridgehead atoms. The van der Waals surface area contributed by atoms with Crippen molar-refractivity contribution in [2.24, 2.45) is 9.39 Å². The van der Waals surface area contributed by atoms with Gasteiger partial charge in [0.25, 0.3) is 5.91 Å². The fourth-order valence-corrected chi connectivity index (χ4v) is 4.97. The Kier molecular flexibility index (Phi) is 7.81. The van der Waals surface area contributed by atoms with E-state index in [0.717, 1.165) is 17.7 Å². The van der Waals surface area contributed by atoms with Crippen molar-refractivity contribution < 1.29 is 19.0 Å². The number of para-hydroxylation sites is 2. The number of aliphatic imine (C=N–C) groups is 1. The molecule has 0 saturated carbocycles. The molecule has 34 heavy (non-hydrogen) atoms. The van der Waals surface area contributed by atoms with Gasteiger partial charge in [-0.3, -0.25) is 10.2 Å². The molecule has 1 N–H and O–H groups in total. The molecule has 4 rings (SSSR count). The Hall–Kier alpha value is -2.95. The minimum atomic E-state index is -0.480. The minimum Gasteiger partial charge on any atom is -0.493 e. The molecule has 0 aromatic heterocycles. The lowest BCUT2D eigenvalue weighted by Gasteiger charge is -2.24. The standard InChI is InChI=1S/C23H21ClN4O4S2/c1-3-33-23-27-34-22-26-21(29)15(20(25)28(22)23)12-14-8-9-17(16(24)13-14)31-10-11-32-19-7-5-4-6-18(19)30-2/h4-9,12-13,25H,3,10-11H2,1-2H3/b15-12-,25-20?. The summed E-state index contributed by atoms with van der Waals surface area (Å²) >= 11 is 9.00. The van der Waals surface area contributed by atoms with Crippen LogP contribution in [0.1, 0.15) is 12.5 Å². The molecule has 2 aromatic rings. The highest BCUT2D eigenvalue weighted by Crippen LogP contribution is 2.33. The van der Waals surface area contributed by atoms with E-state index >= 15 is 0 Å². The molecule has 2 heterocycles. The van der Waals surface area contributed by atoms with Crippen molar-refractivity contribution in [3.63, 3.8) is 0 Å². The molecule has 0 unspecified atom stereocenters. The Bertz CT molecular complexity index is 1220. The molecule has 2 aliphatic heterocycles. The van der Waals surface area contributed by atoms with Crippen molar-refractivity contribution >= 4 is 63.5 Å². The molecule has 0 fully saturated rings. The summed E-state index contributed by atoms with van der Waals surface area (Å²) in [6.07, 6.45) is 1.60. The SMILES string of the molecule is CCSC1=NSC2=NC(=O)/C(=C\c3ccc(OCCOc4ccccc4OC)c(Cl)c3)C(=N)N12. The maximum Gasteiger partial charge on any atom is 0.283 e. The van der Waals surface area contributed by atoms with Crippen LogP contribution in [0.2, 0.25) is 5.02 Å². The number of nitrogens with one attached hydrogen (secondary N) is 1. The number of carbonyl (C=O) groups excluding carboxylic acids is 1. The van der Waals surface area contributed by atoms with Crippen LogP contribution in [0.3, 0.4) is 0 Å². The van der Waals surface area contributed by atoms with E-state index in [1.54, 1.807) is 36.3 Å². The number of carbonyl (C=O) groups is 1. The monoisotopic (exact) mass is 516 g/mol. The number of ether oxygens (including phenoxy) is 3. The van der Waals surface area contributed by atoms with Crippen molar-refractivity contribution in [1.82, 2.24) is 4.90 Å². The van der Waals surface area contributed by atoms with E-state index in [0.29, 0.717) is 44.8 Å². The predicted molar refractivity (Wildman–Crippen MR) is 139 cm³/mol. The van der Waals surface area contributed by atoms with Gasteiger partial charge in [0.05, 0.1) is 29.7 Å². The van der Waals surface area contributed by atoms with Crippen molar-refractivity contribution in [2.45, 2.75) is 6.92 Å². The van der Waals surface area contributed by atoms with Gasteiger partial charge < -0.3 is 14.2 Å². The van der Waals surface area contributed by atoms with E-state index in [1.807, 2.05) is 31.2 Å². The second kappa shape index (κ2) is 11.0. The summed E-state index contributed by atoms with van der Waals surface area (Å²) in [5, 5.41) is 9.97. The molecule has 11 heteroatoms. The third-order valence-electron chi connectivity index (χ3n) is 4.70. The van der Waals surface area contributed by atoms with Crippen LogP contribution in [-0.2, 0) is 4.79 Å². The Morgan fingerprint density at radius 3 is 2.59 bits per heavy atom. The van der Waals surface area contributed by atoms with Crippen LogP contribution in [0, 0.1) is 5.41 Å². The Labute approximate surface area is 210 Å². The molecule has 1 amide bonds. The van der Waals surface area contributed by atoms with Gasteiger partial charge in [-0.25, -0.2) is 4.90 Å². The minimum absolute atomic E-state index is 0.0460. The first-order valence-electron chi connectivity index (χ1n) is 10.3. The first-order chi connectivity index (χ1) is 16.5. The average Bonchev–Trinajstić information content (AvgIpc) is 3.23. The zero-order valence-corrected chi connectivity index (χ0v) is 20.8. The molecule has 2 aliphatic rings. The summed E-state index contributed by atoms with van der Waals surface area (Å²) in [6, 6.07) is 12.5. The highest BCUT2D eigenvalue weighted by Gasteiger charge is 2.37. The van der Waals surface area contributed by atoms with Crippen LogP contribution in [0.15, 0.2) is 57.4 Å². The maximum absolute atomic E-state index is 12.5. The molecule has 2 aromatic carbocycles. The largest absolute Gasteiger partial charge is 0.493 e. The van der Waals surface area contributed by atoms with Crippen LogP contribution in [0.25, 0.3) is 6.08 Å². The van der Waals surface area contributed by atoms with Gasteiger partial charge in [-0.1, -0.05) is 48.5 Å². The first-order valence-corrected chi connectivity index (χ1v) is 12.4. The van der Waals surface area contributed by atoms with E-state index in [-0.39, 0.29) is 18.0 Å². The summed E-state index contributed by atoms with van der Waals surface area (Å²) < 4.78 is 21.0. The number of amidine groups is 3. The molecule has 0 saturated heterocycles. The fraction of sp³-hybridized carbons (Fsp3) is 0.217. The van der Waals surface area contributed by atoms with Gasteiger partial charge in [0, 0.05) is 0 Å². The zero-order chi connectivity index (χ0) is 24.1. The number of amides is 1. The second-order valence-electron chi connectivity index (χ2n) is 6.88. The van der Waals surface area contributed by atoms with E-state index < -0.39 is 5.91 Å². The van der Waals surface area contributed by atoms with Gasteiger partial charge >= 0.3 is 0 Å². The topological polar surface area (TPSA) is 96.6 Å². The molecular formula is C23H21ClN4O4S2. The van der Waals surface area contributed by atoms with Crippen molar-refractivity contribution in [3.05, 3.63) is 58.6 Å². The number of benzene rings is 2. The average molecular weight is 517 g/mol. The summed E-state index contributed by atoms with van der Waals surface area (Å²) in [6.45, 7) is 2.59. The van der Waals surface area contributed by atoms with E-state index in [4.69, 9.17) is 31.2 Å². The van der Waals surface area contributed by atoms with Gasteiger partial charge in [-0.2, -0.15) is 9.39 Å². The lowest BCUT2D eigenvalue weighted by molar-refractivity contribution is -0.114. The lowest BCUT2D eigenvalue weighted by atomic mass is 10.1. The highest BCUT2D eigenvalue weighted by molar-refractivity contribution is 8.19. The Balaban J connectivity index is 1.41. The summed E-state index contributed by atoms with van der Waals surface area (Å²) in [4.78, 5) is 18.2. The number of hydrogen-bond acceptors (Lipinski definition) is 8. The van der Waals surface area contributed by atoms with E-state index in [9.17, 15) is 4.79 Å². The molecule has 8 nitrogen and oxygen atoms in total. The predicted octanol–water partition coefficient (Wildman–Crippen LogP) is 5.14. The van der Waals surface area contributed by atoms with Crippen molar-refractivity contribution in [2.75, 3.05) is 26.1 Å². The quantitative estimate of drug-likeness (QED) is 0.295. The summed E-state index contributed by atoms with van der Waals surface area (Å²) in [7, 11) is 1.59. The first kappa shape index (κ1) is 24.2. The fourth-order valence-electron chi connectivity index (χ4n) is 3.16. The number of halogens is 1. The third kappa shape index (κ3) is 5.24. The number of thioether (sulfide) groups is 1. The Morgan fingerprint density at radius 1 is 1.15 bits per heavy atom.